The van der Waals surface area contributed by atoms with Gasteiger partial charge in [0.25, 0.3) is 5.56 Å². The lowest BCUT2D eigenvalue weighted by Crippen LogP contribution is -2.37. The van der Waals surface area contributed by atoms with Crippen LogP contribution in [0, 0.1) is 0 Å². The molecular weight excluding hydrogens is 336 g/mol. The summed E-state index contributed by atoms with van der Waals surface area (Å²) in [5, 5.41) is 7.47. The number of hydrogen-bond acceptors (Lipinski definition) is 5. The van der Waals surface area contributed by atoms with Crippen molar-refractivity contribution in [2.24, 2.45) is 0 Å². The summed E-state index contributed by atoms with van der Waals surface area (Å²) in [6.07, 6.45) is 2.74. The molecule has 6 nitrogen and oxygen atoms in total. The molecule has 0 spiro atoms. The Hall–Kier alpha value is -0.920. The molecule has 0 unspecified atom stereocenters. The zero-order chi connectivity index (χ0) is 15.2. The van der Waals surface area contributed by atoms with Crippen molar-refractivity contribution >= 4 is 21.6 Å². The molecule has 0 aromatic carbocycles. The van der Waals surface area contributed by atoms with Crippen LogP contribution in [0.5, 0.6) is 0 Å². The average Bonchev–Trinajstić information content (AvgIpc) is 2.48. The maximum Gasteiger partial charge on any atom is 0.283 e. The van der Waals surface area contributed by atoms with Crippen LogP contribution in [0.4, 0.5) is 5.69 Å². The second-order valence-corrected chi connectivity index (χ2v) is 6.24. The lowest BCUT2D eigenvalue weighted by Gasteiger charge is -2.26. The van der Waals surface area contributed by atoms with E-state index in [1.165, 1.54) is 4.68 Å². The number of nitrogens with zero attached hydrogens (tertiary/aromatic N) is 3. The third kappa shape index (κ3) is 4.52. The van der Waals surface area contributed by atoms with Crippen LogP contribution in [-0.4, -0.2) is 54.1 Å². The molecule has 1 aliphatic heterocycles. The van der Waals surface area contributed by atoms with Crippen molar-refractivity contribution in [3.05, 3.63) is 21.0 Å². The summed E-state index contributed by atoms with van der Waals surface area (Å²) < 4.78 is 7.35. The molecule has 118 valence electrons. The quantitative estimate of drug-likeness (QED) is 0.784. The number of rotatable bonds is 6. The van der Waals surface area contributed by atoms with Crippen molar-refractivity contribution in [3.8, 4) is 0 Å². The molecule has 1 fully saturated rings. The van der Waals surface area contributed by atoms with E-state index in [0.717, 1.165) is 51.5 Å². The predicted octanol–water partition coefficient (Wildman–Crippen LogP) is 1.72. The maximum absolute atomic E-state index is 12.1. The molecule has 0 atom stereocenters. The second kappa shape index (κ2) is 7.91. The third-order valence-electron chi connectivity index (χ3n) is 3.50. The van der Waals surface area contributed by atoms with Gasteiger partial charge in [0.2, 0.25) is 0 Å². The fourth-order valence-corrected chi connectivity index (χ4v) is 2.71. The van der Waals surface area contributed by atoms with Crippen molar-refractivity contribution in [3.63, 3.8) is 0 Å². The Kier molecular flexibility index (Phi) is 6.20. The van der Waals surface area contributed by atoms with Crippen LogP contribution in [0.3, 0.4) is 0 Å². The molecule has 1 N–H and O–H groups in total. The highest BCUT2D eigenvalue weighted by Crippen LogP contribution is 2.17. The van der Waals surface area contributed by atoms with E-state index in [1.54, 1.807) is 6.20 Å². The smallest absolute Gasteiger partial charge is 0.283 e. The Balaban J connectivity index is 1.83. The first-order valence-corrected chi connectivity index (χ1v) is 8.20. The number of ether oxygens (including phenoxy) is 1. The van der Waals surface area contributed by atoms with Gasteiger partial charge in [-0.3, -0.25) is 9.69 Å². The third-order valence-corrected chi connectivity index (χ3v) is 4.27. The predicted molar refractivity (Wildman–Crippen MR) is 86.9 cm³/mol. The molecule has 1 aliphatic rings. The van der Waals surface area contributed by atoms with Crippen LogP contribution >= 0.6 is 15.9 Å². The van der Waals surface area contributed by atoms with Crippen molar-refractivity contribution < 1.29 is 4.74 Å². The Morgan fingerprint density at radius 1 is 1.43 bits per heavy atom. The summed E-state index contributed by atoms with van der Waals surface area (Å²) in [5.41, 5.74) is 0.669. The van der Waals surface area contributed by atoms with Crippen LogP contribution in [0.1, 0.15) is 26.3 Å². The highest BCUT2D eigenvalue weighted by Gasteiger charge is 2.11. The van der Waals surface area contributed by atoms with E-state index in [1.807, 2.05) is 13.8 Å². The van der Waals surface area contributed by atoms with Crippen LogP contribution in [0.25, 0.3) is 0 Å². The zero-order valence-corrected chi connectivity index (χ0v) is 14.2. The number of hydrogen-bond donors (Lipinski definition) is 1. The first kappa shape index (κ1) is 16.5. The van der Waals surface area contributed by atoms with Gasteiger partial charge in [0.15, 0.2) is 0 Å². The van der Waals surface area contributed by atoms with Crippen molar-refractivity contribution in [2.75, 3.05) is 44.7 Å². The number of anilines is 1. The van der Waals surface area contributed by atoms with Crippen LogP contribution in [0.2, 0.25) is 0 Å². The SMILES string of the molecule is CC(C)n1ncc(NCCCN2CCOCC2)c(Br)c1=O. The van der Waals surface area contributed by atoms with E-state index in [2.05, 4.69) is 31.2 Å². The van der Waals surface area contributed by atoms with Gasteiger partial charge in [-0.25, -0.2) is 4.68 Å². The second-order valence-electron chi connectivity index (χ2n) is 5.45. The maximum atomic E-state index is 12.1. The molecule has 2 heterocycles. The summed E-state index contributed by atoms with van der Waals surface area (Å²) in [7, 11) is 0. The highest BCUT2D eigenvalue weighted by molar-refractivity contribution is 9.10. The molecule has 2 rings (SSSR count). The first-order valence-electron chi connectivity index (χ1n) is 7.41. The standard InChI is InChI=1S/C14H23BrN4O2/c1-11(2)19-14(20)13(15)12(10-17-19)16-4-3-5-18-6-8-21-9-7-18/h10-11,16H,3-9H2,1-2H3. The molecule has 7 heteroatoms. The summed E-state index contributed by atoms with van der Waals surface area (Å²) in [6, 6.07) is 0.0594. The normalized spacial score (nSPS) is 16.4. The van der Waals surface area contributed by atoms with Gasteiger partial charge < -0.3 is 10.1 Å². The van der Waals surface area contributed by atoms with E-state index < -0.39 is 0 Å². The summed E-state index contributed by atoms with van der Waals surface area (Å²) in [4.78, 5) is 14.5. The van der Waals surface area contributed by atoms with Gasteiger partial charge in [0.05, 0.1) is 31.1 Å². The topological polar surface area (TPSA) is 59.4 Å². The van der Waals surface area contributed by atoms with Gasteiger partial charge in [-0.05, 0) is 42.7 Å². The van der Waals surface area contributed by atoms with E-state index >= 15 is 0 Å². The Morgan fingerprint density at radius 3 is 2.81 bits per heavy atom. The fraction of sp³-hybridized carbons (Fsp3) is 0.714. The van der Waals surface area contributed by atoms with Gasteiger partial charge in [0, 0.05) is 19.6 Å². The lowest BCUT2D eigenvalue weighted by molar-refractivity contribution is 0.0378. The molecule has 1 aromatic rings. The van der Waals surface area contributed by atoms with Gasteiger partial charge in [0.1, 0.15) is 4.47 Å². The molecule has 21 heavy (non-hydrogen) atoms. The minimum Gasteiger partial charge on any atom is -0.383 e. The van der Waals surface area contributed by atoms with Crippen molar-refractivity contribution in [2.45, 2.75) is 26.3 Å². The van der Waals surface area contributed by atoms with E-state index in [9.17, 15) is 4.79 Å². The lowest BCUT2D eigenvalue weighted by atomic mass is 10.3. The van der Waals surface area contributed by atoms with Crippen molar-refractivity contribution in [1.29, 1.82) is 0 Å². The largest absolute Gasteiger partial charge is 0.383 e. The molecule has 0 aliphatic carbocycles. The zero-order valence-electron chi connectivity index (χ0n) is 12.6. The minimum absolute atomic E-state index is 0.0594. The molecule has 1 saturated heterocycles. The fourth-order valence-electron chi connectivity index (χ4n) is 2.29. The average molecular weight is 359 g/mol. The summed E-state index contributed by atoms with van der Waals surface area (Å²) in [5.74, 6) is 0. The van der Waals surface area contributed by atoms with Gasteiger partial charge in [-0.1, -0.05) is 0 Å². The number of morpholine rings is 1. The van der Waals surface area contributed by atoms with Crippen LogP contribution in [-0.2, 0) is 4.74 Å². The number of nitrogens with one attached hydrogen (secondary N) is 1. The summed E-state index contributed by atoms with van der Waals surface area (Å²) in [6.45, 7) is 9.43. The molecular formula is C14H23BrN4O2. The minimum atomic E-state index is -0.0943. The van der Waals surface area contributed by atoms with E-state index in [0.29, 0.717) is 4.47 Å². The van der Waals surface area contributed by atoms with Crippen LogP contribution < -0.4 is 10.9 Å². The van der Waals surface area contributed by atoms with Crippen LogP contribution in [0.15, 0.2) is 15.5 Å². The molecule has 0 bridgehead atoms. The monoisotopic (exact) mass is 358 g/mol. The Labute approximate surface area is 133 Å². The molecule has 0 radical (unpaired) electrons. The van der Waals surface area contributed by atoms with E-state index in [4.69, 9.17) is 4.74 Å². The van der Waals surface area contributed by atoms with E-state index in [-0.39, 0.29) is 11.6 Å². The number of halogens is 1. The Bertz CT molecular complexity index is 512. The first-order chi connectivity index (χ1) is 10.1. The summed E-state index contributed by atoms with van der Waals surface area (Å²) >= 11 is 3.37. The molecule has 0 amide bonds. The van der Waals surface area contributed by atoms with Crippen molar-refractivity contribution in [1.82, 2.24) is 14.7 Å². The number of aromatic nitrogens is 2. The van der Waals surface area contributed by atoms with Gasteiger partial charge in [-0.15, -0.1) is 0 Å². The van der Waals surface area contributed by atoms with Gasteiger partial charge in [-0.2, -0.15) is 5.10 Å². The molecule has 0 saturated carbocycles. The molecule has 1 aromatic heterocycles. The Morgan fingerprint density at radius 2 is 2.14 bits per heavy atom. The van der Waals surface area contributed by atoms with Gasteiger partial charge >= 0.3 is 0 Å². The highest BCUT2D eigenvalue weighted by atomic mass is 79.9.